The number of amides is 2. The highest BCUT2D eigenvalue weighted by atomic mass is 32.1. The third-order valence-corrected chi connectivity index (χ3v) is 4.32. The summed E-state index contributed by atoms with van der Waals surface area (Å²) in [5.74, 6) is -1.02. The van der Waals surface area contributed by atoms with Crippen LogP contribution in [0.3, 0.4) is 0 Å². The van der Waals surface area contributed by atoms with Gasteiger partial charge in [-0.3, -0.25) is 30.5 Å². The number of thiocarbonyl (C=S) groups is 2. The molecule has 0 radical (unpaired) electrons. The minimum Gasteiger partial charge on any atom is -0.277 e. The van der Waals surface area contributed by atoms with Gasteiger partial charge in [-0.1, -0.05) is 86.2 Å². The maximum atomic E-state index is 12.1. The van der Waals surface area contributed by atoms with Crippen LogP contribution in [0.2, 0.25) is 0 Å². The molecule has 27 heavy (non-hydrogen) atoms. The topological polar surface area (TPSA) is 64.7 Å². The van der Waals surface area contributed by atoms with Crippen LogP contribution < -0.4 is 10.9 Å². The van der Waals surface area contributed by atoms with Crippen LogP contribution in [0.15, 0.2) is 67.3 Å². The second-order valence-corrected chi connectivity index (χ2v) is 6.18. The maximum Gasteiger partial charge on any atom is 0.248 e. The Hall–Kier alpha value is -2.84. The van der Waals surface area contributed by atoms with Gasteiger partial charge in [-0.25, -0.2) is 0 Å². The van der Waals surface area contributed by atoms with E-state index < -0.39 is 11.8 Å². The molecule has 0 atom stereocenters. The predicted octanol–water partition coefficient (Wildman–Crippen LogP) is 2.30. The smallest absolute Gasteiger partial charge is 0.248 e. The SMILES string of the molecule is C=C/C=C(\C=C)C(=S)N(C)NC(=O)CC(=O)NN(C)C(=S)c1ccccc1. The molecular formula is C19H22N4O2S2. The molecule has 0 aromatic heterocycles. The molecule has 0 aliphatic carbocycles. The lowest BCUT2D eigenvalue weighted by molar-refractivity contribution is -0.132. The molecular weight excluding hydrogens is 380 g/mol. The zero-order valence-corrected chi connectivity index (χ0v) is 16.9. The minimum atomic E-state index is -0.515. The first kappa shape index (κ1) is 22.2. The van der Waals surface area contributed by atoms with Crippen LogP contribution in [-0.2, 0) is 9.59 Å². The number of allylic oxidation sites excluding steroid dienone is 2. The number of hydrogen-bond acceptors (Lipinski definition) is 4. The Morgan fingerprint density at radius 1 is 1.04 bits per heavy atom. The van der Waals surface area contributed by atoms with Crippen LogP contribution >= 0.6 is 24.4 Å². The molecule has 0 heterocycles. The Morgan fingerprint density at radius 2 is 1.59 bits per heavy atom. The van der Waals surface area contributed by atoms with Crippen molar-refractivity contribution in [2.24, 2.45) is 0 Å². The van der Waals surface area contributed by atoms with Crippen LogP contribution in [0.1, 0.15) is 12.0 Å². The third-order valence-electron chi connectivity index (χ3n) is 3.30. The Kier molecular flexibility index (Phi) is 9.04. The van der Waals surface area contributed by atoms with E-state index in [1.54, 1.807) is 32.3 Å². The molecule has 6 nitrogen and oxygen atoms in total. The molecule has 2 amide bonds. The van der Waals surface area contributed by atoms with Gasteiger partial charge in [-0.15, -0.1) is 0 Å². The first-order valence-corrected chi connectivity index (χ1v) is 8.77. The number of rotatable bonds is 6. The lowest BCUT2D eigenvalue weighted by Crippen LogP contribution is -2.47. The first-order chi connectivity index (χ1) is 12.8. The summed E-state index contributed by atoms with van der Waals surface area (Å²) >= 11 is 10.6. The highest BCUT2D eigenvalue weighted by Crippen LogP contribution is 2.04. The first-order valence-electron chi connectivity index (χ1n) is 7.95. The van der Waals surface area contributed by atoms with Crippen molar-refractivity contribution in [3.63, 3.8) is 0 Å². The monoisotopic (exact) mass is 402 g/mol. The summed E-state index contributed by atoms with van der Waals surface area (Å²) < 4.78 is 0. The fraction of sp³-hybridized carbons (Fsp3) is 0.158. The second kappa shape index (κ2) is 11.0. The van der Waals surface area contributed by atoms with Crippen molar-refractivity contribution in [1.29, 1.82) is 0 Å². The number of nitrogens with one attached hydrogen (secondary N) is 2. The number of likely N-dealkylation sites (N-methyl/N-ethyl adjacent to an activating group) is 1. The highest BCUT2D eigenvalue weighted by molar-refractivity contribution is 7.81. The molecule has 1 aromatic rings. The molecule has 2 N–H and O–H groups in total. The lowest BCUT2D eigenvalue weighted by atomic mass is 10.2. The van der Waals surface area contributed by atoms with Gasteiger partial charge in [0.05, 0.1) is 0 Å². The molecule has 0 fully saturated rings. The molecule has 0 aliphatic rings. The minimum absolute atomic E-state index is 0.348. The molecule has 1 rings (SSSR count). The largest absolute Gasteiger partial charge is 0.277 e. The molecule has 0 unspecified atom stereocenters. The molecule has 0 spiro atoms. The quantitative estimate of drug-likeness (QED) is 0.250. The standard InChI is InChI=1S/C19H22N4O2S2/c1-5-10-14(6-2)18(26)22(3)20-16(24)13-17(25)21-23(4)19(27)15-11-8-7-9-12-15/h5-12H,1-2,13H2,3-4H3,(H,20,24)(H,21,25)/b14-10+. The van der Waals surface area contributed by atoms with Crippen LogP contribution in [-0.4, -0.2) is 45.9 Å². The van der Waals surface area contributed by atoms with Crippen molar-refractivity contribution in [3.8, 4) is 0 Å². The van der Waals surface area contributed by atoms with Crippen molar-refractivity contribution in [2.45, 2.75) is 6.42 Å². The summed E-state index contributed by atoms with van der Waals surface area (Å²) in [6, 6.07) is 9.24. The van der Waals surface area contributed by atoms with E-state index in [2.05, 4.69) is 24.0 Å². The summed E-state index contributed by atoms with van der Waals surface area (Å²) in [4.78, 5) is 24.9. The van der Waals surface area contributed by atoms with Crippen LogP contribution in [0.5, 0.6) is 0 Å². The number of hydrazine groups is 2. The molecule has 1 aromatic carbocycles. The Labute approximate surface area is 170 Å². The number of carbonyl (C=O) groups excluding carboxylic acids is 2. The van der Waals surface area contributed by atoms with E-state index >= 15 is 0 Å². The summed E-state index contributed by atoms with van der Waals surface area (Å²) in [5, 5.41) is 2.75. The van der Waals surface area contributed by atoms with Crippen LogP contribution in [0.25, 0.3) is 0 Å². The van der Waals surface area contributed by atoms with E-state index in [0.29, 0.717) is 15.6 Å². The van der Waals surface area contributed by atoms with Crippen LogP contribution in [0.4, 0.5) is 0 Å². The Balaban J connectivity index is 2.56. The molecule has 8 heteroatoms. The normalized spacial score (nSPS) is 10.4. The van der Waals surface area contributed by atoms with E-state index in [1.807, 2.05) is 30.3 Å². The number of carbonyl (C=O) groups is 2. The fourth-order valence-electron chi connectivity index (χ4n) is 2.02. The summed E-state index contributed by atoms with van der Waals surface area (Å²) in [7, 11) is 3.19. The van der Waals surface area contributed by atoms with Gasteiger partial charge in [0.25, 0.3) is 0 Å². The average Bonchev–Trinajstić information content (AvgIpc) is 2.65. The van der Waals surface area contributed by atoms with Crippen molar-refractivity contribution in [2.75, 3.05) is 14.1 Å². The molecule has 0 aliphatic heterocycles. The van der Waals surface area contributed by atoms with Gasteiger partial charge in [-0.2, -0.15) is 0 Å². The summed E-state index contributed by atoms with van der Waals surface area (Å²) in [5.41, 5.74) is 6.51. The summed E-state index contributed by atoms with van der Waals surface area (Å²) in [6.45, 7) is 7.26. The maximum absolute atomic E-state index is 12.1. The van der Waals surface area contributed by atoms with Crippen molar-refractivity contribution in [1.82, 2.24) is 20.9 Å². The number of benzene rings is 1. The van der Waals surface area contributed by atoms with E-state index in [9.17, 15) is 9.59 Å². The van der Waals surface area contributed by atoms with Gasteiger partial charge in [0, 0.05) is 25.2 Å². The fourth-order valence-corrected chi connectivity index (χ4v) is 2.40. The van der Waals surface area contributed by atoms with Crippen LogP contribution in [0, 0.1) is 0 Å². The van der Waals surface area contributed by atoms with Crippen molar-refractivity contribution in [3.05, 3.63) is 72.9 Å². The van der Waals surface area contributed by atoms with E-state index in [-0.39, 0.29) is 6.42 Å². The highest BCUT2D eigenvalue weighted by Gasteiger charge is 2.16. The lowest BCUT2D eigenvalue weighted by Gasteiger charge is -2.23. The average molecular weight is 403 g/mol. The summed E-state index contributed by atoms with van der Waals surface area (Å²) in [6.07, 6.45) is 4.41. The third kappa shape index (κ3) is 7.12. The second-order valence-electron chi connectivity index (χ2n) is 5.40. The van der Waals surface area contributed by atoms with E-state index in [1.165, 1.54) is 10.0 Å². The molecule has 0 saturated carbocycles. The Bertz CT molecular complexity index is 775. The number of nitrogens with zero attached hydrogens (tertiary/aromatic N) is 2. The van der Waals surface area contributed by atoms with E-state index in [4.69, 9.17) is 24.4 Å². The molecule has 142 valence electrons. The Morgan fingerprint density at radius 3 is 2.11 bits per heavy atom. The van der Waals surface area contributed by atoms with E-state index in [0.717, 1.165) is 5.56 Å². The van der Waals surface area contributed by atoms with Gasteiger partial charge in [0.2, 0.25) is 11.8 Å². The zero-order chi connectivity index (χ0) is 20.4. The van der Waals surface area contributed by atoms with Gasteiger partial charge in [0.1, 0.15) is 16.4 Å². The van der Waals surface area contributed by atoms with Crippen molar-refractivity contribution < 1.29 is 9.59 Å². The van der Waals surface area contributed by atoms with Gasteiger partial charge in [0.15, 0.2) is 0 Å². The van der Waals surface area contributed by atoms with Gasteiger partial charge < -0.3 is 0 Å². The number of hydrogen-bond donors (Lipinski definition) is 2. The molecule has 0 saturated heterocycles. The van der Waals surface area contributed by atoms with Crippen molar-refractivity contribution >= 4 is 46.2 Å². The molecule has 0 bridgehead atoms. The van der Waals surface area contributed by atoms with Gasteiger partial charge >= 0.3 is 0 Å². The predicted molar refractivity (Wildman–Crippen MR) is 116 cm³/mol. The zero-order valence-electron chi connectivity index (χ0n) is 15.3. The van der Waals surface area contributed by atoms with Gasteiger partial charge in [-0.05, 0) is 0 Å².